The first kappa shape index (κ1) is 18.4. The summed E-state index contributed by atoms with van der Waals surface area (Å²) in [6, 6.07) is -0.820. The molecule has 1 atom stereocenters. The summed E-state index contributed by atoms with van der Waals surface area (Å²) in [6.45, 7) is 0.650. The van der Waals surface area contributed by atoms with Gasteiger partial charge in [0.15, 0.2) is 0 Å². The van der Waals surface area contributed by atoms with Gasteiger partial charge in [-0.15, -0.1) is 0 Å². The van der Waals surface area contributed by atoms with E-state index in [0.29, 0.717) is 17.4 Å². The molecule has 0 aromatic carbocycles. The molecule has 0 spiro atoms. The Kier molecular flexibility index (Phi) is 7.83. The average molecular weight is 289 g/mol. The van der Waals surface area contributed by atoms with Gasteiger partial charge >= 0.3 is 11.9 Å². The van der Waals surface area contributed by atoms with Crippen LogP contribution in [-0.4, -0.2) is 70.3 Å². The molecule has 0 bridgehead atoms. The first-order chi connectivity index (χ1) is 9.19. The third-order valence-electron chi connectivity index (χ3n) is 2.70. The number of carbonyl (C=O) groups is 3. The van der Waals surface area contributed by atoms with Crippen molar-refractivity contribution in [2.75, 3.05) is 41.9 Å². The number of carbonyl (C=O) groups excluding carboxylic acids is 3. The molecule has 0 aliphatic rings. The molecule has 1 N–H and O–H groups in total. The normalized spacial score (nSPS) is 12.4. The largest absolute Gasteiger partial charge is 0.469 e. The molecule has 0 saturated heterocycles. The van der Waals surface area contributed by atoms with Gasteiger partial charge in [0.25, 0.3) is 0 Å². The number of amides is 1. The molecule has 0 aromatic heterocycles. The zero-order valence-corrected chi connectivity index (χ0v) is 12.9. The maximum atomic E-state index is 11.8. The fourth-order valence-corrected chi connectivity index (χ4v) is 1.46. The summed E-state index contributed by atoms with van der Waals surface area (Å²) in [5, 5.41) is 2.59. The Morgan fingerprint density at radius 1 is 1.05 bits per heavy atom. The number of hydrogen-bond donors (Lipinski definition) is 1. The van der Waals surface area contributed by atoms with Crippen LogP contribution < -0.4 is 5.32 Å². The lowest BCUT2D eigenvalue weighted by Gasteiger charge is -2.24. The molecule has 0 radical (unpaired) electrons. The van der Waals surface area contributed by atoms with E-state index in [-0.39, 0.29) is 18.7 Å². The lowest BCUT2D eigenvalue weighted by molar-refractivity contribution is -0.869. The van der Waals surface area contributed by atoms with Crippen molar-refractivity contribution < 1.29 is 28.3 Å². The Bertz CT molecular complexity index is 349. The number of rotatable bonds is 8. The number of esters is 2. The predicted molar refractivity (Wildman–Crippen MR) is 72.7 cm³/mol. The highest BCUT2D eigenvalue weighted by Gasteiger charge is 2.23. The van der Waals surface area contributed by atoms with E-state index in [1.807, 2.05) is 21.1 Å². The van der Waals surface area contributed by atoms with Gasteiger partial charge in [-0.3, -0.25) is 9.59 Å². The summed E-state index contributed by atoms with van der Waals surface area (Å²) in [5.74, 6) is -1.23. The van der Waals surface area contributed by atoms with Gasteiger partial charge in [0.2, 0.25) is 5.91 Å². The molecule has 0 aromatic rings. The van der Waals surface area contributed by atoms with Crippen LogP contribution in [0.3, 0.4) is 0 Å². The van der Waals surface area contributed by atoms with Crippen molar-refractivity contribution in [3.8, 4) is 0 Å². The Hall–Kier alpha value is -1.63. The lowest BCUT2D eigenvalue weighted by Crippen LogP contribution is -2.44. The summed E-state index contributed by atoms with van der Waals surface area (Å²) in [7, 11) is 8.44. The second kappa shape index (κ2) is 8.52. The molecule has 0 heterocycles. The molecule has 7 nitrogen and oxygen atoms in total. The highest BCUT2D eigenvalue weighted by atomic mass is 16.5. The smallest absolute Gasteiger partial charge is 0.328 e. The molecular weight excluding hydrogens is 264 g/mol. The fraction of sp³-hybridized carbons (Fsp3) is 0.769. The molecule has 0 saturated carbocycles. The summed E-state index contributed by atoms with van der Waals surface area (Å²) >= 11 is 0. The second-order valence-corrected chi connectivity index (χ2v) is 5.52. The molecule has 0 aliphatic carbocycles. The van der Waals surface area contributed by atoms with Crippen molar-refractivity contribution in [1.82, 2.24) is 5.32 Å². The minimum atomic E-state index is -0.820. The Morgan fingerprint density at radius 2 is 1.65 bits per heavy atom. The van der Waals surface area contributed by atoms with Crippen molar-refractivity contribution in [2.45, 2.75) is 25.3 Å². The van der Waals surface area contributed by atoms with Crippen LogP contribution in [0.25, 0.3) is 0 Å². The van der Waals surface area contributed by atoms with E-state index in [0.717, 1.165) is 0 Å². The topological polar surface area (TPSA) is 81.7 Å². The zero-order chi connectivity index (χ0) is 15.8. The van der Waals surface area contributed by atoms with Gasteiger partial charge in [-0.2, -0.15) is 0 Å². The first-order valence-corrected chi connectivity index (χ1v) is 6.44. The predicted octanol–water partition coefficient (Wildman–Crippen LogP) is -0.306. The summed E-state index contributed by atoms with van der Waals surface area (Å²) < 4.78 is 9.77. The molecule has 1 amide bonds. The molecule has 116 valence electrons. The van der Waals surface area contributed by atoms with Gasteiger partial charge in [0.05, 0.1) is 48.3 Å². The standard InChI is InChI=1S/C13H24N2O5/c1-15(2,3)9-8-11(16)14-10(13(18)20-5)6-7-12(17)19-4/h10H,6-9H2,1-5H3/p+1. The monoisotopic (exact) mass is 289 g/mol. The van der Waals surface area contributed by atoms with Crippen molar-refractivity contribution in [3.05, 3.63) is 0 Å². The number of ether oxygens (including phenoxy) is 2. The number of methoxy groups -OCH3 is 2. The SMILES string of the molecule is COC(=O)CCC(NC(=O)CC[N+](C)(C)C)C(=O)OC. The number of quaternary nitrogens is 1. The van der Waals surface area contributed by atoms with Crippen LogP contribution in [0.2, 0.25) is 0 Å². The van der Waals surface area contributed by atoms with Gasteiger partial charge in [0, 0.05) is 6.42 Å². The van der Waals surface area contributed by atoms with Crippen LogP contribution >= 0.6 is 0 Å². The van der Waals surface area contributed by atoms with Crippen molar-refractivity contribution in [3.63, 3.8) is 0 Å². The summed E-state index contributed by atoms with van der Waals surface area (Å²) in [5.41, 5.74) is 0. The third kappa shape index (κ3) is 8.47. The van der Waals surface area contributed by atoms with E-state index in [1.165, 1.54) is 14.2 Å². The number of nitrogens with one attached hydrogen (secondary N) is 1. The van der Waals surface area contributed by atoms with E-state index in [2.05, 4.69) is 14.8 Å². The highest BCUT2D eigenvalue weighted by molar-refractivity contribution is 5.84. The quantitative estimate of drug-likeness (QED) is 0.490. The molecule has 20 heavy (non-hydrogen) atoms. The second-order valence-electron chi connectivity index (χ2n) is 5.52. The van der Waals surface area contributed by atoms with Gasteiger partial charge in [-0.25, -0.2) is 4.79 Å². The average Bonchev–Trinajstić information content (AvgIpc) is 2.38. The Balaban J connectivity index is 4.38. The Morgan fingerprint density at radius 3 is 2.10 bits per heavy atom. The number of nitrogens with zero attached hydrogens (tertiary/aromatic N) is 1. The molecular formula is C13H25N2O5+. The summed E-state index contributed by atoms with van der Waals surface area (Å²) in [6.07, 6.45) is 0.510. The maximum absolute atomic E-state index is 11.8. The van der Waals surface area contributed by atoms with Crippen LogP contribution in [0.1, 0.15) is 19.3 Å². The van der Waals surface area contributed by atoms with E-state index >= 15 is 0 Å². The summed E-state index contributed by atoms with van der Waals surface area (Å²) in [4.78, 5) is 34.4. The molecule has 7 heteroatoms. The van der Waals surface area contributed by atoms with Gasteiger partial charge in [-0.05, 0) is 6.42 Å². The highest BCUT2D eigenvalue weighted by Crippen LogP contribution is 2.03. The van der Waals surface area contributed by atoms with Crippen molar-refractivity contribution >= 4 is 17.8 Å². The minimum Gasteiger partial charge on any atom is -0.469 e. The fourth-order valence-electron chi connectivity index (χ4n) is 1.46. The molecule has 1 unspecified atom stereocenters. The van der Waals surface area contributed by atoms with Crippen molar-refractivity contribution in [2.24, 2.45) is 0 Å². The van der Waals surface area contributed by atoms with E-state index in [9.17, 15) is 14.4 Å². The van der Waals surface area contributed by atoms with Gasteiger partial charge in [-0.1, -0.05) is 0 Å². The first-order valence-electron chi connectivity index (χ1n) is 6.44. The van der Waals surface area contributed by atoms with Crippen LogP contribution in [-0.2, 0) is 23.9 Å². The minimum absolute atomic E-state index is 0.0475. The van der Waals surface area contributed by atoms with Crippen LogP contribution in [0.15, 0.2) is 0 Å². The van der Waals surface area contributed by atoms with Gasteiger partial charge < -0.3 is 19.3 Å². The van der Waals surface area contributed by atoms with Crippen LogP contribution in [0, 0.1) is 0 Å². The maximum Gasteiger partial charge on any atom is 0.328 e. The van der Waals surface area contributed by atoms with Crippen LogP contribution in [0.4, 0.5) is 0 Å². The third-order valence-corrected chi connectivity index (χ3v) is 2.70. The molecule has 0 aliphatic heterocycles. The zero-order valence-electron chi connectivity index (χ0n) is 12.9. The van der Waals surface area contributed by atoms with Gasteiger partial charge in [0.1, 0.15) is 6.04 Å². The number of hydrogen-bond acceptors (Lipinski definition) is 5. The van der Waals surface area contributed by atoms with Crippen LogP contribution in [0.5, 0.6) is 0 Å². The molecule has 0 fully saturated rings. The Labute approximate surface area is 119 Å². The van der Waals surface area contributed by atoms with E-state index in [1.54, 1.807) is 0 Å². The van der Waals surface area contributed by atoms with E-state index in [4.69, 9.17) is 0 Å². The molecule has 0 rings (SSSR count). The lowest BCUT2D eigenvalue weighted by atomic mass is 10.1. The van der Waals surface area contributed by atoms with E-state index < -0.39 is 18.0 Å². The van der Waals surface area contributed by atoms with Crippen molar-refractivity contribution in [1.29, 1.82) is 0 Å².